The number of amides is 1. The van der Waals surface area contributed by atoms with Gasteiger partial charge in [-0.25, -0.2) is 8.42 Å². The number of sulfonamides is 1. The summed E-state index contributed by atoms with van der Waals surface area (Å²) < 4.78 is 30.8. The molecule has 3 rings (SSSR count). The van der Waals surface area contributed by atoms with Crippen LogP contribution in [0.4, 0.5) is 0 Å². The zero-order valence-electron chi connectivity index (χ0n) is 17.7. The lowest BCUT2D eigenvalue weighted by Gasteiger charge is -2.20. The molecule has 0 fully saturated rings. The van der Waals surface area contributed by atoms with Crippen LogP contribution in [0.15, 0.2) is 56.8 Å². The molecule has 0 spiro atoms. The van der Waals surface area contributed by atoms with Crippen LogP contribution in [0.25, 0.3) is 10.2 Å². The second kappa shape index (κ2) is 10.9. The first-order valence-corrected chi connectivity index (χ1v) is 13.1. The molecule has 0 saturated heterocycles. The van der Waals surface area contributed by atoms with Crippen molar-refractivity contribution < 1.29 is 13.2 Å². The third kappa shape index (κ3) is 5.57. The van der Waals surface area contributed by atoms with Gasteiger partial charge in [-0.2, -0.15) is 19.8 Å². The number of aromatic nitrogens is 1. The Balaban J connectivity index is 1.91. The Hall–Kier alpha value is -2.83. The number of halogens is 1. The fourth-order valence-electron chi connectivity index (χ4n) is 3.21. The molecule has 2 aromatic carbocycles. The minimum Gasteiger partial charge on any atom is -0.317 e. The Morgan fingerprint density at radius 2 is 1.76 bits per heavy atom. The molecule has 0 unspecified atom stereocenters. The van der Waals surface area contributed by atoms with Crippen molar-refractivity contribution in [3.05, 3.63) is 57.3 Å². The molecule has 0 N–H and O–H groups in total. The number of thiazole rings is 1. The smallest absolute Gasteiger partial charge is 0.279 e. The number of benzene rings is 2. The van der Waals surface area contributed by atoms with Gasteiger partial charge in [0.1, 0.15) is 0 Å². The minimum absolute atomic E-state index is 0.00437. The number of nitriles is 2. The lowest BCUT2D eigenvalue weighted by atomic mass is 10.2. The molecule has 0 bridgehead atoms. The minimum atomic E-state index is -3.90. The fourth-order valence-corrected chi connectivity index (χ4v) is 6.30. The van der Waals surface area contributed by atoms with Crippen LogP contribution in [0.2, 0.25) is 0 Å². The van der Waals surface area contributed by atoms with Crippen molar-refractivity contribution in [2.45, 2.75) is 31.2 Å². The van der Waals surface area contributed by atoms with Gasteiger partial charge in [0.15, 0.2) is 4.80 Å². The SMILES string of the molecule is CCn1c(=NC(=O)c2ccc(S(=O)(=O)N(CCC#N)CCC#N)cc2)sc2cc(Br)ccc21. The first-order chi connectivity index (χ1) is 15.8. The van der Waals surface area contributed by atoms with E-state index >= 15 is 0 Å². The van der Waals surface area contributed by atoms with Crippen molar-refractivity contribution in [3.63, 3.8) is 0 Å². The van der Waals surface area contributed by atoms with Crippen LogP contribution >= 0.6 is 27.3 Å². The van der Waals surface area contributed by atoms with Crippen LogP contribution in [-0.2, 0) is 16.6 Å². The molecule has 1 heterocycles. The molecule has 8 nitrogen and oxygen atoms in total. The van der Waals surface area contributed by atoms with Gasteiger partial charge in [0.2, 0.25) is 10.0 Å². The Kier molecular flexibility index (Phi) is 8.16. The predicted octanol–water partition coefficient (Wildman–Crippen LogP) is 4.04. The summed E-state index contributed by atoms with van der Waals surface area (Å²) in [4.78, 5) is 17.6. The number of fused-ring (bicyclic) bond motifs is 1. The summed E-state index contributed by atoms with van der Waals surface area (Å²) in [6, 6.07) is 15.2. The van der Waals surface area contributed by atoms with E-state index in [4.69, 9.17) is 10.5 Å². The van der Waals surface area contributed by atoms with Crippen molar-refractivity contribution in [3.8, 4) is 12.1 Å². The molecule has 0 aliphatic carbocycles. The number of nitrogens with zero attached hydrogens (tertiary/aromatic N) is 5. The van der Waals surface area contributed by atoms with Gasteiger partial charge in [-0.05, 0) is 49.4 Å². The summed E-state index contributed by atoms with van der Waals surface area (Å²) in [5.74, 6) is -0.474. The van der Waals surface area contributed by atoms with Crippen LogP contribution in [0.1, 0.15) is 30.1 Å². The van der Waals surface area contributed by atoms with Gasteiger partial charge in [0.05, 0.1) is 27.3 Å². The van der Waals surface area contributed by atoms with Crippen LogP contribution < -0.4 is 4.80 Å². The third-order valence-corrected chi connectivity index (χ3v) is 8.29. The average Bonchev–Trinajstić information content (AvgIpc) is 3.14. The number of hydrogen-bond acceptors (Lipinski definition) is 6. The van der Waals surface area contributed by atoms with Crippen molar-refractivity contribution in [1.82, 2.24) is 8.87 Å². The van der Waals surface area contributed by atoms with E-state index in [1.165, 1.54) is 35.6 Å². The molecule has 11 heteroatoms. The van der Waals surface area contributed by atoms with Gasteiger partial charge >= 0.3 is 0 Å². The molecule has 0 radical (unpaired) electrons. The number of carbonyl (C=O) groups is 1. The molecule has 0 aliphatic heterocycles. The number of hydrogen-bond donors (Lipinski definition) is 0. The molecule has 0 atom stereocenters. The highest BCUT2D eigenvalue weighted by molar-refractivity contribution is 9.10. The summed E-state index contributed by atoms with van der Waals surface area (Å²) in [7, 11) is -3.90. The molecule has 0 saturated carbocycles. The van der Waals surface area contributed by atoms with Crippen molar-refractivity contribution >= 4 is 53.4 Å². The van der Waals surface area contributed by atoms with E-state index in [0.717, 1.165) is 19.0 Å². The topological polar surface area (TPSA) is 119 Å². The maximum Gasteiger partial charge on any atom is 0.279 e. The molecular formula is C22H20BrN5O3S2. The van der Waals surface area contributed by atoms with Crippen LogP contribution in [0.3, 0.4) is 0 Å². The summed E-state index contributed by atoms with van der Waals surface area (Å²) >= 11 is 4.85. The highest BCUT2D eigenvalue weighted by Gasteiger charge is 2.24. The molecule has 1 aromatic heterocycles. The monoisotopic (exact) mass is 545 g/mol. The second-order valence-corrected chi connectivity index (χ2v) is 10.8. The Morgan fingerprint density at radius 3 is 2.33 bits per heavy atom. The zero-order chi connectivity index (χ0) is 24.0. The van der Waals surface area contributed by atoms with E-state index in [9.17, 15) is 13.2 Å². The predicted molar refractivity (Wildman–Crippen MR) is 129 cm³/mol. The average molecular weight is 546 g/mol. The largest absolute Gasteiger partial charge is 0.317 e. The van der Waals surface area contributed by atoms with Crippen LogP contribution in [0, 0.1) is 22.7 Å². The normalized spacial score (nSPS) is 12.1. The first-order valence-electron chi connectivity index (χ1n) is 10.0. The zero-order valence-corrected chi connectivity index (χ0v) is 21.0. The van der Waals surface area contributed by atoms with E-state index in [1.54, 1.807) is 0 Å². The fraction of sp³-hybridized carbons (Fsp3) is 0.273. The summed E-state index contributed by atoms with van der Waals surface area (Å²) in [6.07, 6.45) is 0.0343. The molecular weight excluding hydrogens is 526 g/mol. The van der Waals surface area contributed by atoms with Gasteiger partial charge in [0, 0.05) is 42.5 Å². The number of aryl methyl sites for hydroxylation is 1. The first kappa shape index (κ1) is 24.8. The maximum absolute atomic E-state index is 12.9. The van der Waals surface area contributed by atoms with E-state index in [2.05, 4.69) is 20.9 Å². The standard InChI is InChI=1S/C22H20BrN5O3S2/c1-2-28-19-10-7-17(23)15-20(19)32-22(28)26-21(29)16-5-8-18(9-6-16)33(30,31)27(13-3-11-24)14-4-12-25/h5-10,15H,2-4,13-14H2,1H3. The summed E-state index contributed by atoms with van der Waals surface area (Å²) in [6.45, 7) is 2.61. The molecule has 0 aliphatic rings. The highest BCUT2D eigenvalue weighted by Crippen LogP contribution is 2.22. The lowest BCUT2D eigenvalue weighted by molar-refractivity contribution is 0.0997. The van der Waals surface area contributed by atoms with Crippen molar-refractivity contribution in [1.29, 1.82) is 10.5 Å². The quantitative estimate of drug-likeness (QED) is 0.423. The van der Waals surface area contributed by atoms with Gasteiger partial charge in [-0.3, -0.25) is 4.79 Å². The molecule has 33 heavy (non-hydrogen) atoms. The van der Waals surface area contributed by atoms with Crippen LogP contribution in [-0.4, -0.2) is 36.3 Å². The van der Waals surface area contributed by atoms with E-state index in [-0.39, 0.29) is 36.4 Å². The van der Waals surface area contributed by atoms with Crippen molar-refractivity contribution in [2.24, 2.45) is 4.99 Å². The highest BCUT2D eigenvalue weighted by atomic mass is 79.9. The summed E-state index contributed by atoms with van der Waals surface area (Å²) in [5.41, 5.74) is 1.24. The number of rotatable bonds is 8. The van der Waals surface area contributed by atoms with Crippen molar-refractivity contribution in [2.75, 3.05) is 13.1 Å². The lowest BCUT2D eigenvalue weighted by Crippen LogP contribution is -2.32. The van der Waals surface area contributed by atoms with Gasteiger partial charge in [-0.1, -0.05) is 27.3 Å². The van der Waals surface area contributed by atoms with Crippen LogP contribution in [0.5, 0.6) is 0 Å². The van der Waals surface area contributed by atoms with Gasteiger partial charge < -0.3 is 4.57 Å². The third-order valence-electron chi connectivity index (χ3n) is 4.84. The van der Waals surface area contributed by atoms with Gasteiger partial charge in [-0.15, -0.1) is 0 Å². The molecule has 170 valence electrons. The van der Waals surface area contributed by atoms with Gasteiger partial charge in [0.25, 0.3) is 5.91 Å². The summed E-state index contributed by atoms with van der Waals surface area (Å²) in [5, 5.41) is 17.6. The Bertz CT molecular complexity index is 1410. The number of carbonyl (C=O) groups excluding carboxylic acids is 1. The Labute approximate surface area is 204 Å². The molecule has 1 amide bonds. The van der Waals surface area contributed by atoms with E-state index < -0.39 is 15.9 Å². The maximum atomic E-state index is 12.9. The van der Waals surface area contributed by atoms with E-state index in [0.29, 0.717) is 11.3 Å². The Morgan fingerprint density at radius 1 is 1.12 bits per heavy atom. The van der Waals surface area contributed by atoms with E-state index in [1.807, 2.05) is 41.8 Å². The second-order valence-electron chi connectivity index (χ2n) is 6.90. The molecule has 3 aromatic rings.